The second kappa shape index (κ2) is 13.0. The molecule has 0 fully saturated rings. The van der Waals surface area contributed by atoms with Crippen LogP contribution < -0.4 is 0 Å². The van der Waals surface area contributed by atoms with Gasteiger partial charge in [-0.2, -0.15) is 4.80 Å². The standard InChI is InChI=1S/C42H27N9/c1-2-12-29(13-3-1)51-49-41-27-28(31-16-8-20-37(45-31)39-22-10-18-35(47-39)33-14-4-6-24-43-33)26-30(42(41)50-51)32-17-9-21-38(46-32)40-23-11-19-36(48-40)34-15-5-7-25-44-34/h1-27H. The number of pyridine rings is 6. The Labute approximate surface area is 293 Å². The van der Waals surface area contributed by atoms with Crippen molar-refractivity contribution >= 4 is 11.0 Å². The highest BCUT2D eigenvalue weighted by molar-refractivity contribution is 5.94. The fraction of sp³-hybridized carbons (Fsp3) is 0. The van der Waals surface area contributed by atoms with Crippen molar-refractivity contribution in [2.75, 3.05) is 0 Å². The summed E-state index contributed by atoms with van der Waals surface area (Å²) >= 11 is 0. The summed E-state index contributed by atoms with van der Waals surface area (Å²) in [7, 11) is 0. The van der Waals surface area contributed by atoms with Crippen LogP contribution in [0.4, 0.5) is 0 Å². The van der Waals surface area contributed by atoms with Gasteiger partial charge in [0.1, 0.15) is 11.0 Å². The number of hydrogen-bond donors (Lipinski definition) is 0. The molecule has 0 saturated carbocycles. The number of rotatable bonds is 7. The Morgan fingerprint density at radius 1 is 0.353 bits per heavy atom. The fourth-order valence-electron chi connectivity index (χ4n) is 5.97. The second-order valence-electron chi connectivity index (χ2n) is 11.8. The number of benzene rings is 2. The molecule has 0 N–H and O–H groups in total. The summed E-state index contributed by atoms with van der Waals surface area (Å²) in [6, 6.07) is 49.3. The number of para-hydroxylation sites is 1. The first-order valence-electron chi connectivity index (χ1n) is 16.4. The average molecular weight is 658 g/mol. The summed E-state index contributed by atoms with van der Waals surface area (Å²) in [5, 5.41) is 9.88. The lowest BCUT2D eigenvalue weighted by Crippen LogP contribution is -1.97. The number of nitrogens with zero attached hydrogens (tertiary/aromatic N) is 9. The second-order valence-corrected chi connectivity index (χ2v) is 11.8. The molecule has 0 aliphatic rings. The van der Waals surface area contributed by atoms with Crippen molar-refractivity contribution in [3.8, 4) is 73.8 Å². The van der Waals surface area contributed by atoms with E-state index in [0.29, 0.717) is 0 Å². The fourth-order valence-corrected chi connectivity index (χ4v) is 5.97. The molecule has 0 amide bonds. The third-order valence-corrected chi connectivity index (χ3v) is 8.42. The van der Waals surface area contributed by atoms with Gasteiger partial charge in [-0.1, -0.05) is 54.6 Å². The molecular weight excluding hydrogens is 631 g/mol. The van der Waals surface area contributed by atoms with Crippen molar-refractivity contribution in [3.63, 3.8) is 0 Å². The van der Waals surface area contributed by atoms with Crippen LogP contribution in [0.25, 0.3) is 84.8 Å². The van der Waals surface area contributed by atoms with Gasteiger partial charge in [0.2, 0.25) is 0 Å². The van der Waals surface area contributed by atoms with Crippen LogP contribution in [0.1, 0.15) is 0 Å². The maximum absolute atomic E-state index is 5.12. The smallest absolute Gasteiger partial charge is 0.123 e. The van der Waals surface area contributed by atoms with Crippen molar-refractivity contribution in [1.82, 2.24) is 44.9 Å². The summed E-state index contributed by atoms with van der Waals surface area (Å²) in [5.74, 6) is 0. The molecule has 9 nitrogen and oxygen atoms in total. The minimum atomic E-state index is 0.719. The first-order chi connectivity index (χ1) is 25.2. The van der Waals surface area contributed by atoms with E-state index in [0.717, 1.165) is 84.8 Å². The first kappa shape index (κ1) is 29.8. The van der Waals surface area contributed by atoms with E-state index in [2.05, 4.69) is 16.0 Å². The van der Waals surface area contributed by atoms with Gasteiger partial charge in [-0.3, -0.25) is 9.97 Å². The lowest BCUT2D eigenvalue weighted by Gasteiger charge is -2.10. The Hall–Kier alpha value is -7.26. The van der Waals surface area contributed by atoms with E-state index in [-0.39, 0.29) is 0 Å². The van der Waals surface area contributed by atoms with Gasteiger partial charge in [0.25, 0.3) is 0 Å². The van der Waals surface area contributed by atoms with E-state index in [9.17, 15) is 0 Å². The summed E-state index contributed by atoms with van der Waals surface area (Å²) in [6.07, 6.45) is 3.54. The monoisotopic (exact) mass is 657 g/mol. The van der Waals surface area contributed by atoms with E-state index in [1.807, 2.05) is 146 Å². The molecule has 9 rings (SSSR count). The molecule has 9 aromatic rings. The zero-order valence-electron chi connectivity index (χ0n) is 27.1. The summed E-state index contributed by atoms with van der Waals surface area (Å²) < 4.78 is 0. The van der Waals surface area contributed by atoms with Crippen LogP contribution in [0, 0.1) is 0 Å². The molecule has 0 unspecified atom stereocenters. The Morgan fingerprint density at radius 3 is 1.35 bits per heavy atom. The summed E-state index contributed by atoms with van der Waals surface area (Å²) in [4.78, 5) is 30.6. The zero-order chi connectivity index (χ0) is 34.0. The minimum Gasteiger partial charge on any atom is -0.255 e. The Kier molecular flexibility index (Phi) is 7.60. The van der Waals surface area contributed by atoms with Crippen molar-refractivity contribution in [2.45, 2.75) is 0 Å². The van der Waals surface area contributed by atoms with Crippen molar-refractivity contribution < 1.29 is 0 Å². The van der Waals surface area contributed by atoms with Crippen molar-refractivity contribution in [3.05, 3.63) is 164 Å². The third-order valence-electron chi connectivity index (χ3n) is 8.42. The van der Waals surface area contributed by atoms with Gasteiger partial charge in [0.15, 0.2) is 0 Å². The molecule has 7 heterocycles. The molecule has 7 aromatic heterocycles. The van der Waals surface area contributed by atoms with Crippen LogP contribution in [0.5, 0.6) is 0 Å². The Balaban J connectivity index is 1.16. The quantitative estimate of drug-likeness (QED) is 0.167. The van der Waals surface area contributed by atoms with E-state index < -0.39 is 0 Å². The molecule has 0 atom stereocenters. The molecule has 0 saturated heterocycles. The highest BCUT2D eigenvalue weighted by Gasteiger charge is 2.17. The van der Waals surface area contributed by atoms with E-state index in [1.54, 1.807) is 17.2 Å². The van der Waals surface area contributed by atoms with Gasteiger partial charge in [-0.15, -0.1) is 10.2 Å². The van der Waals surface area contributed by atoms with Crippen LogP contribution in [-0.2, 0) is 0 Å². The summed E-state index contributed by atoms with van der Waals surface area (Å²) in [6.45, 7) is 0. The maximum Gasteiger partial charge on any atom is 0.123 e. The highest BCUT2D eigenvalue weighted by atomic mass is 15.5. The number of hydrogen-bond acceptors (Lipinski definition) is 8. The predicted molar refractivity (Wildman–Crippen MR) is 198 cm³/mol. The van der Waals surface area contributed by atoms with Crippen molar-refractivity contribution in [1.29, 1.82) is 0 Å². The normalized spacial score (nSPS) is 11.1. The molecule has 240 valence electrons. The molecule has 51 heavy (non-hydrogen) atoms. The molecular formula is C42H27N9. The van der Waals surface area contributed by atoms with E-state index >= 15 is 0 Å². The highest BCUT2D eigenvalue weighted by Crippen LogP contribution is 2.34. The van der Waals surface area contributed by atoms with Gasteiger partial charge in [-0.05, 0) is 97.1 Å². The molecule has 0 bridgehead atoms. The lowest BCUT2D eigenvalue weighted by molar-refractivity contribution is 0.766. The average Bonchev–Trinajstić information content (AvgIpc) is 3.66. The van der Waals surface area contributed by atoms with Crippen LogP contribution in [-0.4, -0.2) is 44.9 Å². The molecule has 2 aromatic carbocycles. The number of aromatic nitrogens is 9. The molecule has 0 spiro atoms. The van der Waals surface area contributed by atoms with E-state index in [1.165, 1.54) is 0 Å². The summed E-state index contributed by atoms with van der Waals surface area (Å²) in [5.41, 5.74) is 11.7. The van der Waals surface area contributed by atoms with Crippen LogP contribution in [0.3, 0.4) is 0 Å². The third kappa shape index (κ3) is 6.00. The maximum atomic E-state index is 5.12. The van der Waals surface area contributed by atoms with Crippen LogP contribution in [0.2, 0.25) is 0 Å². The first-order valence-corrected chi connectivity index (χ1v) is 16.4. The van der Waals surface area contributed by atoms with E-state index in [4.69, 9.17) is 30.1 Å². The van der Waals surface area contributed by atoms with Crippen LogP contribution in [0.15, 0.2) is 164 Å². The molecule has 0 aliphatic heterocycles. The SMILES string of the molecule is c1ccc(-n2nc3cc(-c4cccc(-c5cccc(-c6ccccn6)n5)n4)cc(-c4cccc(-c5cccc(-c6ccccn6)n5)n4)c3n2)cc1. The van der Waals surface area contributed by atoms with Gasteiger partial charge >= 0.3 is 0 Å². The van der Waals surface area contributed by atoms with Gasteiger partial charge < -0.3 is 0 Å². The number of fused-ring (bicyclic) bond motifs is 1. The topological polar surface area (TPSA) is 108 Å². The zero-order valence-corrected chi connectivity index (χ0v) is 27.1. The Bertz CT molecular complexity index is 2640. The van der Waals surface area contributed by atoms with Crippen LogP contribution >= 0.6 is 0 Å². The van der Waals surface area contributed by atoms with Gasteiger partial charge in [0, 0.05) is 23.5 Å². The molecule has 0 aliphatic carbocycles. The lowest BCUT2D eigenvalue weighted by atomic mass is 10.0. The van der Waals surface area contributed by atoms with Crippen molar-refractivity contribution in [2.24, 2.45) is 0 Å². The Morgan fingerprint density at radius 2 is 0.804 bits per heavy atom. The molecule has 9 heteroatoms. The van der Waals surface area contributed by atoms with Gasteiger partial charge in [-0.25, -0.2) is 19.9 Å². The predicted octanol–water partition coefficient (Wildman–Crippen LogP) is 8.79. The van der Waals surface area contributed by atoms with Gasteiger partial charge in [0.05, 0.1) is 62.6 Å². The largest absolute Gasteiger partial charge is 0.255 e. The molecule has 0 radical (unpaired) electrons. The minimum absolute atomic E-state index is 0.719.